The van der Waals surface area contributed by atoms with Crippen LogP contribution >= 0.6 is 0 Å². The third-order valence-corrected chi connectivity index (χ3v) is 3.41. The first-order valence-electron chi connectivity index (χ1n) is 8.33. The summed E-state index contributed by atoms with van der Waals surface area (Å²) >= 11 is 0. The summed E-state index contributed by atoms with van der Waals surface area (Å²) in [5, 5.41) is 8.69. The van der Waals surface area contributed by atoms with Gasteiger partial charge < -0.3 is 14.6 Å². The van der Waals surface area contributed by atoms with Crippen LogP contribution in [0.5, 0.6) is 11.5 Å². The Hall–Kier alpha value is -1.22. The van der Waals surface area contributed by atoms with Crippen molar-refractivity contribution in [3.05, 3.63) is 24.3 Å². The lowest BCUT2D eigenvalue weighted by Crippen LogP contribution is -1.99. The molecule has 1 aromatic rings. The average molecular weight is 294 g/mol. The highest BCUT2D eigenvalue weighted by Crippen LogP contribution is 2.18. The van der Waals surface area contributed by atoms with E-state index in [4.69, 9.17) is 14.6 Å². The molecule has 0 heterocycles. The zero-order chi connectivity index (χ0) is 15.2. The standard InChI is InChI=1S/C18H30O3/c1-2-3-4-8-15-20-17-10-12-18(13-11-17)21-16-9-6-5-7-14-19/h10-13,19H,2-9,14-16H2,1H3. The van der Waals surface area contributed by atoms with Gasteiger partial charge in [0.2, 0.25) is 0 Å². The van der Waals surface area contributed by atoms with Crippen molar-refractivity contribution < 1.29 is 14.6 Å². The largest absolute Gasteiger partial charge is 0.494 e. The molecule has 3 heteroatoms. The maximum Gasteiger partial charge on any atom is 0.119 e. The van der Waals surface area contributed by atoms with Crippen LogP contribution in [0.4, 0.5) is 0 Å². The van der Waals surface area contributed by atoms with E-state index in [0.29, 0.717) is 6.61 Å². The number of benzene rings is 1. The maximum absolute atomic E-state index is 8.69. The van der Waals surface area contributed by atoms with Crippen LogP contribution in [0.1, 0.15) is 58.3 Å². The van der Waals surface area contributed by atoms with Crippen molar-refractivity contribution in [2.45, 2.75) is 58.3 Å². The van der Waals surface area contributed by atoms with Gasteiger partial charge in [-0.05, 0) is 49.9 Å². The minimum absolute atomic E-state index is 0.292. The second-order valence-corrected chi connectivity index (χ2v) is 5.37. The molecule has 0 aliphatic rings. The van der Waals surface area contributed by atoms with Crippen molar-refractivity contribution in [2.75, 3.05) is 19.8 Å². The van der Waals surface area contributed by atoms with Crippen LogP contribution < -0.4 is 9.47 Å². The molecule has 120 valence electrons. The summed E-state index contributed by atoms with van der Waals surface area (Å²) in [6, 6.07) is 7.88. The molecule has 0 aromatic heterocycles. The van der Waals surface area contributed by atoms with E-state index in [1.54, 1.807) is 0 Å². The predicted molar refractivity (Wildman–Crippen MR) is 87.1 cm³/mol. The monoisotopic (exact) mass is 294 g/mol. The van der Waals surface area contributed by atoms with E-state index in [0.717, 1.165) is 56.8 Å². The zero-order valence-corrected chi connectivity index (χ0v) is 13.4. The highest BCUT2D eigenvalue weighted by Gasteiger charge is 1.97. The molecule has 0 aliphatic carbocycles. The van der Waals surface area contributed by atoms with Gasteiger partial charge in [-0.3, -0.25) is 0 Å². The summed E-state index contributed by atoms with van der Waals surface area (Å²) in [6.07, 6.45) is 9.03. The van der Waals surface area contributed by atoms with Gasteiger partial charge in [-0.25, -0.2) is 0 Å². The molecule has 0 atom stereocenters. The second-order valence-electron chi connectivity index (χ2n) is 5.37. The van der Waals surface area contributed by atoms with Crippen LogP contribution in [-0.2, 0) is 0 Å². The van der Waals surface area contributed by atoms with Crippen LogP contribution in [0.25, 0.3) is 0 Å². The van der Waals surface area contributed by atoms with Crippen LogP contribution in [0, 0.1) is 0 Å². The highest BCUT2D eigenvalue weighted by atomic mass is 16.5. The summed E-state index contributed by atoms with van der Waals surface area (Å²) < 4.78 is 11.4. The van der Waals surface area contributed by atoms with Gasteiger partial charge in [0.1, 0.15) is 11.5 Å². The Morgan fingerprint density at radius 2 is 1.19 bits per heavy atom. The molecule has 1 N–H and O–H groups in total. The van der Waals surface area contributed by atoms with E-state index >= 15 is 0 Å². The molecule has 1 rings (SSSR count). The fraction of sp³-hybridized carbons (Fsp3) is 0.667. The minimum Gasteiger partial charge on any atom is -0.494 e. The van der Waals surface area contributed by atoms with Crippen molar-refractivity contribution in [1.29, 1.82) is 0 Å². The molecule has 0 saturated carbocycles. The molecule has 0 fully saturated rings. The summed E-state index contributed by atoms with van der Waals surface area (Å²) in [5.74, 6) is 1.82. The number of ether oxygens (including phenoxy) is 2. The van der Waals surface area contributed by atoms with Crippen LogP contribution in [0.15, 0.2) is 24.3 Å². The van der Waals surface area contributed by atoms with E-state index in [1.807, 2.05) is 24.3 Å². The third-order valence-electron chi connectivity index (χ3n) is 3.41. The normalized spacial score (nSPS) is 10.6. The van der Waals surface area contributed by atoms with Gasteiger partial charge in [-0.2, -0.15) is 0 Å². The van der Waals surface area contributed by atoms with E-state index < -0.39 is 0 Å². The Kier molecular flexibility index (Phi) is 10.6. The van der Waals surface area contributed by atoms with Crippen LogP contribution in [0.3, 0.4) is 0 Å². The smallest absolute Gasteiger partial charge is 0.119 e. The van der Waals surface area contributed by atoms with E-state index in [9.17, 15) is 0 Å². The number of unbranched alkanes of at least 4 members (excludes halogenated alkanes) is 6. The van der Waals surface area contributed by atoms with E-state index in [-0.39, 0.29) is 0 Å². The van der Waals surface area contributed by atoms with Crippen molar-refractivity contribution in [3.8, 4) is 11.5 Å². The lowest BCUT2D eigenvalue weighted by molar-refractivity contribution is 0.273. The van der Waals surface area contributed by atoms with E-state index in [1.165, 1.54) is 19.3 Å². The molecule has 0 amide bonds. The number of aliphatic hydroxyl groups excluding tert-OH is 1. The molecular weight excluding hydrogens is 264 g/mol. The Morgan fingerprint density at radius 1 is 0.714 bits per heavy atom. The topological polar surface area (TPSA) is 38.7 Å². The summed E-state index contributed by atoms with van der Waals surface area (Å²) in [7, 11) is 0. The Balaban J connectivity index is 2.09. The fourth-order valence-electron chi connectivity index (χ4n) is 2.11. The Bertz CT molecular complexity index is 335. The third kappa shape index (κ3) is 9.35. The maximum atomic E-state index is 8.69. The van der Waals surface area contributed by atoms with Gasteiger partial charge in [-0.1, -0.05) is 32.6 Å². The Morgan fingerprint density at radius 3 is 1.67 bits per heavy atom. The molecule has 0 bridgehead atoms. The average Bonchev–Trinajstić information content (AvgIpc) is 2.52. The fourth-order valence-corrected chi connectivity index (χ4v) is 2.11. The number of hydrogen-bond acceptors (Lipinski definition) is 3. The number of hydrogen-bond donors (Lipinski definition) is 1. The second kappa shape index (κ2) is 12.5. The zero-order valence-electron chi connectivity index (χ0n) is 13.4. The lowest BCUT2D eigenvalue weighted by atomic mass is 10.2. The molecule has 0 spiro atoms. The van der Waals surface area contributed by atoms with Crippen molar-refractivity contribution >= 4 is 0 Å². The highest BCUT2D eigenvalue weighted by molar-refractivity contribution is 5.31. The Labute approximate surface area is 129 Å². The first kappa shape index (κ1) is 17.8. The summed E-state index contributed by atoms with van der Waals surface area (Å²) in [4.78, 5) is 0. The molecule has 3 nitrogen and oxygen atoms in total. The number of aliphatic hydroxyl groups is 1. The van der Waals surface area contributed by atoms with Gasteiger partial charge in [0.05, 0.1) is 13.2 Å². The van der Waals surface area contributed by atoms with Gasteiger partial charge in [0, 0.05) is 6.61 Å². The molecule has 1 aromatic carbocycles. The van der Waals surface area contributed by atoms with Crippen molar-refractivity contribution in [1.82, 2.24) is 0 Å². The molecule has 0 unspecified atom stereocenters. The van der Waals surface area contributed by atoms with Gasteiger partial charge in [0.15, 0.2) is 0 Å². The quantitative estimate of drug-likeness (QED) is 0.541. The van der Waals surface area contributed by atoms with Crippen molar-refractivity contribution in [2.24, 2.45) is 0 Å². The lowest BCUT2D eigenvalue weighted by Gasteiger charge is -2.08. The molecule has 21 heavy (non-hydrogen) atoms. The SMILES string of the molecule is CCCCCCOc1ccc(OCCCCCCO)cc1. The minimum atomic E-state index is 0.292. The summed E-state index contributed by atoms with van der Waals surface area (Å²) in [6.45, 7) is 4.04. The van der Waals surface area contributed by atoms with E-state index in [2.05, 4.69) is 6.92 Å². The molecule has 0 aliphatic heterocycles. The first-order chi connectivity index (χ1) is 10.4. The predicted octanol–water partition coefficient (Wildman–Crippen LogP) is 4.58. The molecule has 0 radical (unpaired) electrons. The van der Waals surface area contributed by atoms with Crippen molar-refractivity contribution in [3.63, 3.8) is 0 Å². The molecule has 0 saturated heterocycles. The summed E-state index contributed by atoms with van der Waals surface area (Å²) in [5.41, 5.74) is 0. The molecular formula is C18H30O3. The van der Waals surface area contributed by atoms with Gasteiger partial charge >= 0.3 is 0 Å². The van der Waals surface area contributed by atoms with Crippen LogP contribution in [0.2, 0.25) is 0 Å². The van der Waals surface area contributed by atoms with Gasteiger partial charge in [-0.15, -0.1) is 0 Å². The first-order valence-corrected chi connectivity index (χ1v) is 8.33. The van der Waals surface area contributed by atoms with Crippen LogP contribution in [-0.4, -0.2) is 24.9 Å². The number of rotatable bonds is 13. The van der Waals surface area contributed by atoms with Gasteiger partial charge in [0.25, 0.3) is 0 Å².